The van der Waals surface area contributed by atoms with Crippen molar-refractivity contribution in [3.05, 3.63) is 41.7 Å². The standard InChI is InChI=1S/C16H14F3N3O/c1-2-7-20-15(23)12-8-10-9-5-3-4-6-11(9)21-13(10)14(22-12)16(17,18)19/h3-6,8,21H,2,7H2,1H3,(H,20,23). The smallest absolute Gasteiger partial charge is 0.353 e. The van der Waals surface area contributed by atoms with E-state index in [2.05, 4.69) is 15.3 Å². The highest BCUT2D eigenvalue weighted by atomic mass is 19.4. The Morgan fingerprint density at radius 2 is 2.00 bits per heavy atom. The van der Waals surface area contributed by atoms with E-state index < -0.39 is 17.8 Å². The van der Waals surface area contributed by atoms with Crippen molar-refractivity contribution in [2.45, 2.75) is 19.5 Å². The van der Waals surface area contributed by atoms with E-state index in [0.29, 0.717) is 29.3 Å². The van der Waals surface area contributed by atoms with Crippen molar-refractivity contribution in [1.29, 1.82) is 0 Å². The van der Waals surface area contributed by atoms with Crippen molar-refractivity contribution in [3.63, 3.8) is 0 Å². The lowest BCUT2D eigenvalue weighted by molar-refractivity contribution is -0.139. The van der Waals surface area contributed by atoms with Gasteiger partial charge in [0.2, 0.25) is 0 Å². The topological polar surface area (TPSA) is 57.8 Å². The monoisotopic (exact) mass is 321 g/mol. The van der Waals surface area contributed by atoms with Crippen LogP contribution in [0.5, 0.6) is 0 Å². The molecular weight excluding hydrogens is 307 g/mol. The lowest BCUT2D eigenvalue weighted by Gasteiger charge is -2.10. The molecule has 7 heteroatoms. The van der Waals surface area contributed by atoms with Gasteiger partial charge in [0, 0.05) is 22.8 Å². The number of carbonyl (C=O) groups is 1. The quantitative estimate of drug-likeness (QED) is 0.769. The first-order valence-corrected chi connectivity index (χ1v) is 7.18. The summed E-state index contributed by atoms with van der Waals surface area (Å²) < 4.78 is 40.0. The molecule has 2 aromatic heterocycles. The summed E-state index contributed by atoms with van der Waals surface area (Å²) in [5, 5.41) is 3.52. The number of benzene rings is 1. The zero-order valence-electron chi connectivity index (χ0n) is 12.3. The largest absolute Gasteiger partial charge is 0.435 e. The number of H-pyrrole nitrogens is 1. The van der Waals surface area contributed by atoms with Gasteiger partial charge in [0.05, 0.1) is 5.52 Å². The van der Waals surface area contributed by atoms with Crippen LogP contribution in [0.4, 0.5) is 13.2 Å². The third kappa shape index (κ3) is 2.74. The number of carbonyl (C=O) groups excluding carboxylic acids is 1. The summed E-state index contributed by atoms with van der Waals surface area (Å²) in [6.07, 6.45) is -3.96. The fraction of sp³-hybridized carbons (Fsp3) is 0.250. The van der Waals surface area contributed by atoms with Gasteiger partial charge in [-0.1, -0.05) is 25.1 Å². The molecule has 0 radical (unpaired) electrons. The van der Waals surface area contributed by atoms with Gasteiger partial charge in [-0.05, 0) is 18.6 Å². The van der Waals surface area contributed by atoms with E-state index in [1.165, 1.54) is 6.07 Å². The number of pyridine rings is 1. The van der Waals surface area contributed by atoms with Gasteiger partial charge >= 0.3 is 6.18 Å². The predicted octanol–water partition coefficient (Wildman–Crippen LogP) is 3.87. The summed E-state index contributed by atoms with van der Waals surface area (Å²) >= 11 is 0. The average molecular weight is 321 g/mol. The van der Waals surface area contributed by atoms with E-state index in [1.807, 2.05) is 6.92 Å². The average Bonchev–Trinajstić information content (AvgIpc) is 2.89. The normalized spacial score (nSPS) is 12.0. The number of hydrogen-bond acceptors (Lipinski definition) is 2. The van der Waals surface area contributed by atoms with Gasteiger partial charge in [-0.15, -0.1) is 0 Å². The SMILES string of the molecule is CCCNC(=O)c1cc2c([nH]c3ccccc32)c(C(F)(F)F)n1. The number of aromatic amines is 1. The highest BCUT2D eigenvalue weighted by Gasteiger charge is 2.36. The number of fused-ring (bicyclic) bond motifs is 3. The van der Waals surface area contributed by atoms with Gasteiger partial charge in [-0.2, -0.15) is 13.2 Å². The molecule has 0 saturated heterocycles. The molecule has 0 spiro atoms. The number of hydrogen-bond donors (Lipinski definition) is 2. The van der Waals surface area contributed by atoms with Crippen molar-refractivity contribution in [2.75, 3.05) is 6.54 Å². The molecule has 0 aliphatic carbocycles. The van der Waals surface area contributed by atoms with Gasteiger partial charge in [0.25, 0.3) is 5.91 Å². The highest BCUT2D eigenvalue weighted by molar-refractivity contribution is 6.10. The molecule has 0 aliphatic heterocycles. The molecule has 2 heterocycles. The van der Waals surface area contributed by atoms with Crippen LogP contribution in [0.2, 0.25) is 0 Å². The lowest BCUT2D eigenvalue weighted by atomic mass is 10.1. The number of alkyl halides is 3. The maximum Gasteiger partial charge on any atom is 0.435 e. The molecule has 4 nitrogen and oxygen atoms in total. The minimum absolute atomic E-state index is 0.106. The predicted molar refractivity (Wildman–Crippen MR) is 81.2 cm³/mol. The third-order valence-corrected chi connectivity index (χ3v) is 3.53. The van der Waals surface area contributed by atoms with Crippen LogP contribution in [0, 0.1) is 0 Å². The molecule has 0 fully saturated rings. The van der Waals surface area contributed by atoms with E-state index in [0.717, 1.165) is 0 Å². The summed E-state index contributed by atoms with van der Waals surface area (Å²) in [6, 6.07) is 8.26. The maximum absolute atomic E-state index is 13.3. The van der Waals surface area contributed by atoms with Crippen LogP contribution in [0.3, 0.4) is 0 Å². The van der Waals surface area contributed by atoms with Crippen molar-refractivity contribution in [3.8, 4) is 0 Å². The van der Waals surface area contributed by atoms with E-state index in [4.69, 9.17) is 0 Å². The second-order valence-electron chi connectivity index (χ2n) is 5.20. The Morgan fingerprint density at radius 3 is 2.70 bits per heavy atom. The number of nitrogens with zero attached hydrogens (tertiary/aromatic N) is 1. The van der Waals surface area contributed by atoms with Crippen molar-refractivity contribution in [2.24, 2.45) is 0 Å². The molecule has 0 aliphatic rings. The Labute approximate surface area is 129 Å². The first kappa shape index (κ1) is 15.3. The molecule has 0 atom stereocenters. The Kier molecular flexibility index (Phi) is 3.71. The minimum Gasteiger partial charge on any atom is -0.353 e. The lowest BCUT2D eigenvalue weighted by Crippen LogP contribution is -2.26. The molecule has 0 unspecified atom stereocenters. The van der Waals surface area contributed by atoms with Crippen LogP contribution in [-0.4, -0.2) is 22.4 Å². The van der Waals surface area contributed by atoms with Gasteiger partial charge in [-0.25, -0.2) is 4.98 Å². The van der Waals surface area contributed by atoms with Crippen LogP contribution in [0.25, 0.3) is 21.8 Å². The van der Waals surface area contributed by atoms with Gasteiger partial charge < -0.3 is 10.3 Å². The first-order valence-electron chi connectivity index (χ1n) is 7.18. The summed E-state index contributed by atoms with van der Waals surface area (Å²) in [5.74, 6) is -0.607. The van der Waals surface area contributed by atoms with E-state index in [9.17, 15) is 18.0 Å². The highest BCUT2D eigenvalue weighted by Crippen LogP contribution is 2.36. The number of para-hydroxylation sites is 1. The van der Waals surface area contributed by atoms with Crippen LogP contribution < -0.4 is 5.32 Å². The number of amides is 1. The molecule has 3 rings (SSSR count). The molecule has 120 valence electrons. The van der Waals surface area contributed by atoms with E-state index in [-0.39, 0.29) is 11.2 Å². The second-order valence-corrected chi connectivity index (χ2v) is 5.20. The van der Waals surface area contributed by atoms with E-state index in [1.54, 1.807) is 24.3 Å². The minimum atomic E-state index is -4.65. The summed E-state index contributed by atoms with van der Waals surface area (Å²) in [6.45, 7) is 2.24. The summed E-state index contributed by atoms with van der Waals surface area (Å²) in [5.41, 5.74) is -0.845. The van der Waals surface area contributed by atoms with Crippen molar-refractivity contribution < 1.29 is 18.0 Å². The van der Waals surface area contributed by atoms with Gasteiger partial charge in [0.1, 0.15) is 5.69 Å². The number of rotatable bonds is 3. The molecule has 0 bridgehead atoms. The van der Waals surface area contributed by atoms with Crippen LogP contribution in [0.1, 0.15) is 29.5 Å². The first-order chi connectivity index (χ1) is 10.9. The molecule has 2 N–H and O–H groups in total. The zero-order valence-corrected chi connectivity index (χ0v) is 12.3. The number of halogens is 3. The van der Waals surface area contributed by atoms with E-state index >= 15 is 0 Å². The number of nitrogens with one attached hydrogen (secondary N) is 2. The fourth-order valence-corrected chi connectivity index (χ4v) is 2.50. The Hall–Kier alpha value is -2.57. The Balaban J connectivity index is 2.27. The molecule has 23 heavy (non-hydrogen) atoms. The third-order valence-electron chi connectivity index (χ3n) is 3.53. The molecule has 1 amide bonds. The Bertz CT molecular complexity index is 883. The van der Waals surface area contributed by atoms with Crippen LogP contribution in [0.15, 0.2) is 30.3 Å². The molecule has 0 saturated carbocycles. The summed E-state index contributed by atoms with van der Waals surface area (Å²) in [4.78, 5) is 18.3. The fourth-order valence-electron chi connectivity index (χ4n) is 2.50. The molecule has 1 aromatic carbocycles. The van der Waals surface area contributed by atoms with Crippen LogP contribution in [-0.2, 0) is 6.18 Å². The molecular formula is C16H14F3N3O. The van der Waals surface area contributed by atoms with Crippen molar-refractivity contribution >= 4 is 27.7 Å². The molecule has 3 aromatic rings. The maximum atomic E-state index is 13.3. The van der Waals surface area contributed by atoms with Crippen molar-refractivity contribution in [1.82, 2.24) is 15.3 Å². The second kappa shape index (κ2) is 5.57. The van der Waals surface area contributed by atoms with Crippen LogP contribution >= 0.6 is 0 Å². The summed E-state index contributed by atoms with van der Waals surface area (Å²) in [7, 11) is 0. The van der Waals surface area contributed by atoms with Gasteiger partial charge in [-0.3, -0.25) is 4.79 Å². The number of aromatic nitrogens is 2. The zero-order chi connectivity index (χ0) is 16.6. The Morgan fingerprint density at radius 1 is 1.26 bits per heavy atom. The van der Waals surface area contributed by atoms with Gasteiger partial charge in [0.15, 0.2) is 5.69 Å².